The van der Waals surface area contributed by atoms with Crippen molar-refractivity contribution in [1.82, 2.24) is 5.32 Å². The Morgan fingerprint density at radius 1 is 1.23 bits per heavy atom. The van der Waals surface area contributed by atoms with Gasteiger partial charge in [0.1, 0.15) is 11.5 Å². The number of anilines is 1. The van der Waals surface area contributed by atoms with Crippen molar-refractivity contribution in [2.75, 3.05) is 32.6 Å². The summed E-state index contributed by atoms with van der Waals surface area (Å²) in [7, 11) is 3.35. The van der Waals surface area contributed by atoms with E-state index in [1.807, 2.05) is 13.1 Å². The number of thiophene rings is 1. The van der Waals surface area contributed by atoms with Gasteiger partial charge in [0.25, 0.3) is 11.8 Å². The molecule has 1 heterocycles. The number of benzene rings is 1. The van der Waals surface area contributed by atoms with Gasteiger partial charge in [-0.2, -0.15) is 0 Å². The summed E-state index contributed by atoms with van der Waals surface area (Å²) >= 11 is 13.3. The van der Waals surface area contributed by atoms with E-state index in [2.05, 4.69) is 10.6 Å². The first kappa shape index (κ1) is 24.1. The first-order valence-corrected chi connectivity index (χ1v) is 10.8. The number of esters is 1. The van der Waals surface area contributed by atoms with Gasteiger partial charge in [-0.25, -0.2) is 4.79 Å². The number of ether oxygens (including phenoxy) is 1. The maximum atomic E-state index is 12.6. The molecule has 0 radical (unpaired) electrons. The van der Waals surface area contributed by atoms with Gasteiger partial charge in [-0.1, -0.05) is 35.3 Å². The van der Waals surface area contributed by atoms with Crippen LogP contribution in [0.1, 0.15) is 38.1 Å². The molecule has 0 saturated heterocycles. The predicted octanol–water partition coefficient (Wildman–Crippen LogP) is 2.55. The van der Waals surface area contributed by atoms with Crippen molar-refractivity contribution in [3.8, 4) is 0 Å². The Kier molecular flexibility index (Phi) is 8.66. The van der Waals surface area contributed by atoms with Crippen LogP contribution in [0.3, 0.4) is 0 Å². The van der Waals surface area contributed by atoms with Crippen molar-refractivity contribution in [3.05, 3.63) is 49.8 Å². The number of rotatable bonds is 8. The number of amides is 2. The van der Waals surface area contributed by atoms with Gasteiger partial charge in [-0.3, -0.25) is 9.59 Å². The van der Waals surface area contributed by atoms with E-state index < -0.39 is 5.97 Å². The number of hydrogen-bond acceptors (Lipinski definition) is 5. The number of carbonyl (C=O) groups excluding carboxylic acids is 3. The second-order valence-corrected chi connectivity index (χ2v) is 8.44. The lowest BCUT2D eigenvalue weighted by atomic mass is 10.1. The summed E-state index contributed by atoms with van der Waals surface area (Å²) in [5.74, 6) is -1.22. The fraction of sp³-hybridized carbons (Fsp3) is 0.350. The summed E-state index contributed by atoms with van der Waals surface area (Å²) in [6.07, 6.45) is 0. The first-order chi connectivity index (χ1) is 14.2. The van der Waals surface area contributed by atoms with Gasteiger partial charge >= 0.3 is 5.97 Å². The van der Waals surface area contributed by atoms with Crippen LogP contribution in [0.5, 0.6) is 0 Å². The van der Waals surface area contributed by atoms with E-state index in [0.717, 1.165) is 21.8 Å². The third-order valence-corrected chi connectivity index (χ3v) is 6.36. The predicted molar refractivity (Wildman–Crippen MR) is 119 cm³/mol. The highest BCUT2D eigenvalue weighted by Gasteiger charge is 2.27. The molecule has 0 fully saturated rings. The largest absolute Gasteiger partial charge is 0.462 e. The molecule has 1 unspecified atom stereocenters. The Morgan fingerprint density at radius 2 is 1.93 bits per heavy atom. The minimum atomic E-state index is -0.580. The minimum Gasteiger partial charge on any atom is -0.462 e. The molecule has 1 atom stereocenters. The molecule has 1 aromatic carbocycles. The first-order valence-electron chi connectivity index (χ1n) is 9.26. The second-order valence-electron chi connectivity index (χ2n) is 6.63. The monoisotopic (exact) mass is 472 g/mol. The molecule has 2 aromatic rings. The number of halogens is 2. The third-order valence-electron chi connectivity index (χ3n) is 4.30. The number of likely N-dealkylation sites (N-methyl/N-ethyl adjacent to an activating group) is 1. The van der Waals surface area contributed by atoms with Crippen LogP contribution in [0.2, 0.25) is 10.0 Å². The van der Waals surface area contributed by atoms with Gasteiger partial charge < -0.3 is 20.3 Å². The van der Waals surface area contributed by atoms with E-state index in [4.69, 9.17) is 27.9 Å². The maximum Gasteiger partial charge on any atom is 0.341 e. The topological polar surface area (TPSA) is 88.9 Å². The van der Waals surface area contributed by atoms with Crippen LogP contribution < -0.4 is 15.5 Å². The van der Waals surface area contributed by atoms with Gasteiger partial charge in [-0.15, -0.1) is 11.3 Å². The fourth-order valence-electron chi connectivity index (χ4n) is 2.90. The third kappa shape index (κ3) is 5.72. The quantitative estimate of drug-likeness (QED) is 0.515. The Morgan fingerprint density at radius 3 is 2.57 bits per heavy atom. The Bertz CT molecular complexity index is 962. The molecule has 1 aromatic heterocycles. The zero-order valence-corrected chi connectivity index (χ0v) is 19.5. The summed E-state index contributed by atoms with van der Waals surface area (Å²) < 4.78 is 5.09. The maximum absolute atomic E-state index is 12.6. The zero-order valence-electron chi connectivity index (χ0n) is 17.2. The van der Waals surface area contributed by atoms with Gasteiger partial charge in [0.15, 0.2) is 6.54 Å². The molecule has 30 heavy (non-hydrogen) atoms. The van der Waals surface area contributed by atoms with Crippen molar-refractivity contribution in [2.45, 2.75) is 20.4 Å². The van der Waals surface area contributed by atoms with Crippen molar-refractivity contribution in [3.63, 3.8) is 0 Å². The fourth-order valence-corrected chi connectivity index (χ4v) is 4.44. The molecular weight excluding hydrogens is 449 g/mol. The van der Waals surface area contributed by atoms with Gasteiger partial charge in [0.05, 0.1) is 34.1 Å². The zero-order chi connectivity index (χ0) is 22.4. The highest BCUT2D eigenvalue weighted by atomic mass is 35.5. The number of nitrogens with one attached hydrogen (secondary N) is 3. The molecule has 2 rings (SSSR count). The Balaban J connectivity index is 2.17. The molecule has 3 N–H and O–H groups in total. The molecule has 0 aliphatic rings. The van der Waals surface area contributed by atoms with Gasteiger partial charge in [0, 0.05) is 12.6 Å². The van der Waals surface area contributed by atoms with Crippen molar-refractivity contribution in [1.29, 1.82) is 0 Å². The van der Waals surface area contributed by atoms with Crippen LogP contribution in [-0.4, -0.2) is 45.0 Å². The van der Waals surface area contributed by atoms with E-state index in [1.165, 1.54) is 7.05 Å². The summed E-state index contributed by atoms with van der Waals surface area (Å²) in [5.41, 5.74) is 1.50. The molecule has 0 aliphatic carbocycles. The van der Waals surface area contributed by atoms with E-state index in [0.29, 0.717) is 32.0 Å². The van der Waals surface area contributed by atoms with Crippen LogP contribution >= 0.6 is 34.5 Å². The molecule has 0 aliphatic heterocycles. The highest BCUT2D eigenvalue weighted by molar-refractivity contribution is 7.18. The normalized spacial score (nSPS) is 11.7. The average Bonchev–Trinajstić information content (AvgIpc) is 3.00. The van der Waals surface area contributed by atoms with Gasteiger partial charge in [-0.05, 0) is 25.5 Å². The SMILES string of the molecule is CCOC(=O)c1c(NC(=O)C[NH+](C)Cc2cccc(Cl)c2Cl)sc(C(=O)NC)c1C. The highest BCUT2D eigenvalue weighted by Crippen LogP contribution is 2.33. The minimum absolute atomic E-state index is 0.122. The van der Waals surface area contributed by atoms with E-state index in [-0.39, 0.29) is 30.5 Å². The summed E-state index contributed by atoms with van der Waals surface area (Å²) in [6, 6.07) is 5.36. The lowest BCUT2D eigenvalue weighted by Crippen LogP contribution is -3.08. The number of quaternary nitrogens is 1. The van der Waals surface area contributed by atoms with Crippen LogP contribution in [0.4, 0.5) is 5.00 Å². The average molecular weight is 473 g/mol. The lowest BCUT2D eigenvalue weighted by Gasteiger charge is -2.15. The number of carbonyl (C=O) groups is 3. The molecule has 0 bridgehead atoms. The molecule has 2 amide bonds. The van der Waals surface area contributed by atoms with Crippen LogP contribution in [0.15, 0.2) is 18.2 Å². The molecule has 162 valence electrons. The van der Waals surface area contributed by atoms with E-state index in [9.17, 15) is 14.4 Å². The lowest BCUT2D eigenvalue weighted by molar-refractivity contribution is -0.885. The van der Waals surface area contributed by atoms with Crippen molar-refractivity contribution < 1.29 is 24.0 Å². The summed E-state index contributed by atoms with van der Waals surface area (Å²) in [6.45, 7) is 4.14. The standard InChI is InChI=1S/C20H23Cl2N3O4S/c1-5-29-20(28)15-11(2)17(18(27)23-3)30-19(15)24-14(26)10-25(4)9-12-7-6-8-13(21)16(12)22/h6-8H,5,9-10H2,1-4H3,(H,23,27)(H,24,26)/p+1. The second kappa shape index (κ2) is 10.8. The molecule has 10 heteroatoms. The smallest absolute Gasteiger partial charge is 0.341 e. The Labute approximate surface area is 189 Å². The van der Waals surface area contributed by atoms with Gasteiger partial charge in [0.2, 0.25) is 0 Å². The molecule has 0 saturated carbocycles. The van der Waals surface area contributed by atoms with Crippen LogP contribution in [-0.2, 0) is 16.1 Å². The van der Waals surface area contributed by atoms with Crippen LogP contribution in [0.25, 0.3) is 0 Å². The molecule has 0 spiro atoms. The summed E-state index contributed by atoms with van der Waals surface area (Å²) in [4.78, 5) is 38.3. The molecule has 7 nitrogen and oxygen atoms in total. The summed E-state index contributed by atoms with van der Waals surface area (Å²) in [5, 5.41) is 6.51. The van der Waals surface area contributed by atoms with E-state index >= 15 is 0 Å². The van der Waals surface area contributed by atoms with Crippen LogP contribution in [0, 0.1) is 6.92 Å². The number of hydrogen-bond donors (Lipinski definition) is 3. The van der Waals surface area contributed by atoms with E-state index in [1.54, 1.807) is 26.0 Å². The van der Waals surface area contributed by atoms with Crippen molar-refractivity contribution in [2.24, 2.45) is 0 Å². The van der Waals surface area contributed by atoms with Crippen molar-refractivity contribution >= 4 is 57.3 Å². The Hall–Kier alpha value is -2.13. The molecular formula is C20H24Cl2N3O4S+.